The second-order valence-corrected chi connectivity index (χ2v) is 5.57. The molecule has 0 saturated carbocycles. The van der Waals surface area contributed by atoms with Crippen LogP contribution < -0.4 is 0 Å². The second kappa shape index (κ2) is 17.4. The molecule has 0 aliphatic rings. The molecule has 4 heteroatoms. The second-order valence-electron chi connectivity index (χ2n) is 5.57. The minimum atomic E-state index is -0.278. The minimum Gasteiger partial charge on any atom is -0.291 e. The third kappa shape index (κ3) is 14.9. The average molecular weight is 332 g/mol. The van der Waals surface area contributed by atoms with E-state index >= 15 is 0 Å². The largest absolute Gasteiger partial charge is 0.291 e. The van der Waals surface area contributed by atoms with Gasteiger partial charge in [0.1, 0.15) is 0 Å². The van der Waals surface area contributed by atoms with Gasteiger partial charge in [0.15, 0.2) is 6.29 Å². The summed E-state index contributed by atoms with van der Waals surface area (Å²) in [5.41, 5.74) is 0.293. The molecular weight excluding hydrogens is 302 g/mol. The van der Waals surface area contributed by atoms with Gasteiger partial charge in [-0.2, -0.15) is 0 Å². The SMILES string of the molecule is CCCCC/C=C(/C/C=C/C/C=C/C/C=C/CCC[C]=O)[N+](=O)[O-]. The number of allylic oxidation sites excluding steroid dienone is 7. The van der Waals surface area contributed by atoms with Crippen LogP contribution >= 0.6 is 0 Å². The summed E-state index contributed by atoms with van der Waals surface area (Å²) in [6, 6.07) is 0. The first-order valence-corrected chi connectivity index (χ1v) is 8.85. The van der Waals surface area contributed by atoms with Crippen LogP contribution in [-0.4, -0.2) is 11.2 Å². The van der Waals surface area contributed by atoms with Gasteiger partial charge in [-0.25, -0.2) is 0 Å². The lowest BCUT2D eigenvalue weighted by Crippen LogP contribution is -1.97. The summed E-state index contributed by atoms with van der Waals surface area (Å²) in [6.45, 7) is 2.12. The van der Waals surface area contributed by atoms with Crippen LogP contribution in [0, 0.1) is 10.1 Å². The van der Waals surface area contributed by atoms with Crippen LogP contribution in [0.2, 0.25) is 0 Å². The number of hydrogen-bond donors (Lipinski definition) is 0. The molecule has 0 aliphatic heterocycles. The number of hydrogen-bond acceptors (Lipinski definition) is 3. The van der Waals surface area contributed by atoms with E-state index in [1.807, 2.05) is 18.4 Å². The molecule has 0 spiro atoms. The van der Waals surface area contributed by atoms with E-state index in [2.05, 4.69) is 31.2 Å². The fourth-order valence-corrected chi connectivity index (χ4v) is 2.05. The van der Waals surface area contributed by atoms with Crippen molar-refractivity contribution in [3.63, 3.8) is 0 Å². The fourth-order valence-electron chi connectivity index (χ4n) is 2.05. The van der Waals surface area contributed by atoms with Gasteiger partial charge in [-0.05, 0) is 44.6 Å². The highest BCUT2D eigenvalue weighted by Crippen LogP contribution is 2.09. The topological polar surface area (TPSA) is 60.2 Å². The molecule has 0 aromatic heterocycles. The lowest BCUT2D eigenvalue weighted by molar-refractivity contribution is -0.427. The predicted octanol–water partition coefficient (Wildman–Crippen LogP) is 5.85. The Morgan fingerprint density at radius 1 is 0.958 bits per heavy atom. The lowest BCUT2D eigenvalue weighted by atomic mass is 10.1. The molecule has 24 heavy (non-hydrogen) atoms. The molecule has 0 rings (SSSR count). The van der Waals surface area contributed by atoms with Gasteiger partial charge in [-0.15, -0.1) is 0 Å². The Morgan fingerprint density at radius 2 is 1.62 bits per heavy atom. The van der Waals surface area contributed by atoms with Crippen molar-refractivity contribution in [3.8, 4) is 0 Å². The van der Waals surface area contributed by atoms with Crippen molar-refractivity contribution in [1.29, 1.82) is 0 Å². The van der Waals surface area contributed by atoms with Gasteiger partial charge >= 0.3 is 0 Å². The minimum absolute atomic E-state index is 0.278. The quantitative estimate of drug-likeness (QED) is 0.164. The summed E-state index contributed by atoms with van der Waals surface area (Å²) in [4.78, 5) is 20.7. The molecule has 1 radical (unpaired) electrons. The molecule has 0 bridgehead atoms. The number of unbranched alkanes of at least 4 members (excludes halogenated alkanes) is 5. The van der Waals surface area contributed by atoms with E-state index in [0.29, 0.717) is 18.5 Å². The Labute approximate surface area is 146 Å². The summed E-state index contributed by atoms with van der Waals surface area (Å²) >= 11 is 0. The van der Waals surface area contributed by atoms with Crippen molar-refractivity contribution in [2.75, 3.05) is 0 Å². The van der Waals surface area contributed by atoms with Crippen molar-refractivity contribution < 1.29 is 9.72 Å². The Morgan fingerprint density at radius 3 is 2.25 bits per heavy atom. The Balaban J connectivity index is 3.89. The summed E-state index contributed by atoms with van der Waals surface area (Å²) < 4.78 is 0. The van der Waals surface area contributed by atoms with E-state index in [1.165, 1.54) is 0 Å². The molecule has 0 fully saturated rings. The van der Waals surface area contributed by atoms with Crippen LogP contribution in [0.1, 0.15) is 71.1 Å². The zero-order valence-corrected chi connectivity index (χ0v) is 14.8. The summed E-state index contributed by atoms with van der Waals surface area (Å²) in [6.07, 6.45) is 24.1. The molecule has 0 heterocycles. The highest BCUT2D eigenvalue weighted by molar-refractivity contribution is 5.50. The molecular formula is C20H30NO3. The van der Waals surface area contributed by atoms with Crippen molar-refractivity contribution in [2.24, 2.45) is 0 Å². The zero-order chi connectivity index (χ0) is 17.9. The molecule has 0 N–H and O–H groups in total. The molecule has 0 unspecified atom stereocenters. The number of nitrogens with zero attached hydrogens (tertiary/aromatic N) is 1. The fraction of sp³-hybridized carbons (Fsp3) is 0.550. The first-order valence-electron chi connectivity index (χ1n) is 8.85. The van der Waals surface area contributed by atoms with Crippen LogP contribution in [0.25, 0.3) is 0 Å². The third-order valence-corrected chi connectivity index (χ3v) is 3.44. The number of rotatable bonds is 15. The van der Waals surface area contributed by atoms with Gasteiger partial charge < -0.3 is 0 Å². The maximum absolute atomic E-state index is 11.0. The van der Waals surface area contributed by atoms with Gasteiger partial charge in [0.25, 0.3) is 0 Å². The molecule has 0 atom stereocenters. The van der Waals surface area contributed by atoms with Crippen molar-refractivity contribution >= 4 is 6.29 Å². The Bertz CT molecular complexity index is 448. The molecule has 0 aliphatic carbocycles. The zero-order valence-electron chi connectivity index (χ0n) is 14.8. The standard InChI is InChI=1S/C20H30NO3/c1-2-3-4-14-17-20(21(23)24)18-15-12-10-8-6-5-7-9-11-13-16-19-22/h6-9,12,15,17H,2-5,10-11,13-14,16,18H2,1H3/b8-6+,9-7+,15-12+,20-17-. The Hall–Kier alpha value is -1.97. The van der Waals surface area contributed by atoms with Crippen LogP contribution in [-0.2, 0) is 4.79 Å². The van der Waals surface area contributed by atoms with Gasteiger partial charge in [-0.1, -0.05) is 56.2 Å². The van der Waals surface area contributed by atoms with Crippen molar-refractivity contribution in [1.82, 2.24) is 0 Å². The van der Waals surface area contributed by atoms with Crippen LogP contribution in [0.4, 0.5) is 0 Å². The summed E-state index contributed by atoms with van der Waals surface area (Å²) in [5, 5.41) is 11.0. The highest BCUT2D eigenvalue weighted by Gasteiger charge is 2.06. The van der Waals surface area contributed by atoms with Crippen molar-refractivity contribution in [2.45, 2.75) is 71.1 Å². The number of carbonyl (C=O) groups excluding carboxylic acids is 1. The first-order chi connectivity index (χ1) is 11.7. The van der Waals surface area contributed by atoms with E-state index in [0.717, 1.165) is 51.4 Å². The average Bonchev–Trinajstić information content (AvgIpc) is 2.57. The maximum Gasteiger partial charge on any atom is 0.246 e. The molecule has 4 nitrogen and oxygen atoms in total. The third-order valence-electron chi connectivity index (χ3n) is 3.44. The van der Waals surface area contributed by atoms with Gasteiger partial charge in [0.05, 0.1) is 11.3 Å². The highest BCUT2D eigenvalue weighted by atomic mass is 16.6. The van der Waals surface area contributed by atoms with Gasteiger partial charge in [-0.3, -0.25) is 14.9 Å². The van der Waals surface area contributed by atoms with Crippen LogP contribution in [0.3, 0.4) is 0 Å². The van der Waals surface area contributed by atoms with E-state index in [-0.39, 0.29) is 4.92 Å². The van der Waals surface area contributed by atoms with E-state index < -0.39 is 0 Å². The van der Waals surface area contributed by atoms with Gasteiger partial charge in [0, 0.05) is 6.42 Å². The summed E-state index contributed by atoms with van der Waals surface area (Å²) in [7, 11) is 0. The molecule has 133 valence electrons. The maximum atomic E-state index is 11.0. The van der Waals surface area contributed by atoms with Crippen molar-refractivity contribution in [3.05, 3.63) is 58.3 Å². The lowest BCUT2D eigenvalue weighted by Gasteiger charge is -1.95. The monoisotopic (exact) mass is 332 g/mol. The van der Waals surface area contributed by atoms with E-state index in [9.17, 15) is 14.9 Å². The first kappa shape index (κ1) is 22.0. The number of nitro groups is 1. The van der Waals surface area contributed by atoms with Crippen LogP contribution in [0.5, 0.6) is 0 Å². The van der Waals surface area contributed by atoms with E-state index in [1.54, 1.807) is 6.08 Å². The molecule has 0 amide bonds. The van der Waals surface area contributed by atoms with Crippen LogP contribution in [0.15, 0.2) is 48.2 Å². The normalized spacial score (nSPS) is 12.6. The van der Waals surface area contributed by atoms with Gasteiger partial charge in [0.2, 0.25) is 5.70 Å². The Kier molecular flexibility index (Phi) is 16.0. The smallest absolute Gasteiger partial charge is 0.246 e. The molecule has 0 saturated heterocycles. The van der Waals surface area contributed by atoms with E-state index in [4.69, 9.17) is 0 Å². The summed E-state index contributed by atoms with van der Waals surface area (Å²) in [5.74, 6) is 0. The predicted molar refractivity (Wildman–Crippen MR) is 100 cm³/mol. The molecule has 0 aromatic carbocycles. The molecule has 0 aromatic rings.